The van der Waals surface area contributed by atoms with Gasteiger partial charge in [0, 0.05) is 18.8 Å². The van der Waals surface area contributed by atoms with Gasteiger partial charge >= 0.3 is 6.03 Å². The number of hydrogen-bond acceptors (Lipinski definition) is 3. The van der Waals surface area contributed by atoms with Crippen molar-refractivity contribution in [1.29, 1.82) is 0 Å². The third kappa shape index (κ3) is 4.19. The van der Waals surface area contributed by atoms with Crippen LogP contribution >= 0.6 is 0 Å². The Hall–Kier alpha value is -2.08. The lowest BCUT2D eigenvalue weighted by atomic mass is 10.1. The van der Waals surface area contributed by atoms with Crippen LogP contribution in [0.2, 0.25) is 0 Å². The Morgan fingerprint density at radius 2 is 2.19 bits per heavy atom. The second-order valence-corrected chi connectivity index (χ2v) is 5.08. The van der Waals surface area contributed by atoms with Crippen LogP contribution in [0.3, 0.4) is 0 Å². The van der Waals surface area contributed by atoms with Gasteiger partial charge in [-0.1, -0.05) is 25.1 Å². The van der Waals surface area contributed by atoms with E-state index in [2.05, 4.69) is 5.32 Å². The van der Waals surface area contributed by atoms with E-state index in [0.717, 1.165) is 12.0 Å². The van der Waals surface area contributed by atoms with E-state index in [0.29, 0.717) is 25.4 Å². The number of primary amides is 1. The molecule has 1 aromatic rings. The third-order valence-electron chi connectivity index (χ3n) is 3.50. The van der Waals surface area contributed by atoms with E-state index in [9.17, 15) is 9.59 Å². The monoisotopic (exact) mass is 291 g/mol. The Labute approximate surface area is 124 Å². The molecule has 1 fully saturated rings. The molecule has 1 unspecified atom stereocenters. The summed E-state index contributed by atoms with van der Waals surface area (Å²) >= 11 is 0. The minimum Gasteiger partial charge on any atom is -0.375 e. The molecule has 0 radical (unpaired) electrons. The smallest absolute Gasteiger partial charge is 0.322 e. The zero-order valence-electron chi connectivity index (χ0n) is 12.2. The number of nitrogens with one attached hydrogen (secondary N) is 1. The molecule has 1 aromatic carbocycles. The molecule has 6 heteroatoms. The molecule has 0 aliphatic carbocycles. The van der Waals surface area contributed by atoms with E-state index in [4.69, 9.17) is 10.5 Å². The molecule has 1 aliphatic rings. The molecule has 0 spiro atoms. The largest absolute Gasteiger partial charge is 0.375 e. The Balaban J connectivity index is 2.04. The first-order valence-corrected chi connectivity index (χ1v) is 7.14. The van der Waals surface area contributed by atoms with Gasteiger partial charge in [-0.25, -0.2) is 4.79 Å². The number of nitrogens with two attached hydrogens (primary N) is 1. The summed E-state index contributed by atoms with van der Waals surface area (Å²) < 4.78 is 5.55. The third-order valence-corrected chi connectivity index (χ3v) is 3.50. The average Bonchev–Trinajstić information content (AvgIpc) is 2.48. The molecule has 21 heavy (non-hydrogen) atoms. The van der Waals surface area contributed by atoms with E-state index >= 15 is 0 Å². The predicted molar refractivity (Wildman–Crippen MR) is 80.0 cm³/mol. The van der Waals surface area contributed by atoms with Crippen molar-refractivity contribution < 1.29 is 14.3 Å². The highest BCUT2D eigenvalue weighted by Crippen LogP contribution is 2.17. The van der Waals surface area contributed by atoms with E-state index in [1.54, 1.807) is 17.0 Å². The molecule has 0 saturated carbocycles. The van der Waals surface area contributed by atoms with Crippen molar-refractivity contribution in [3.8, 4) is 0 Å². The molecule has 1 aliphatic heterocycles. The molecule has 3 amide bonds. The van der Waals surface area contributed by atoms with Gasteiger partial charge in [-0.3, -0.25) is 4.79 Å². The summed E-state index contributed by atoms with van der Waals surface area (Å²) in [5.41, 5.74) is 6.57. The predicted octanol–water partition coefficient (Wildman–Crippen LogP) is 1.36. The standard InChI is InChI=1S/C15H21N3O3/c1-2-12-10-18(7-8-21-12)15(20)17-13-6-4-3-5-11(13)9-14(16)19/h3-6,12H,2,7-10H2,1H3,(H2,16,19)(H,17,20). The number of rotatable bonds is 4. The molecular weight excluding hydrogens is 270 g/mol. The SMILES string of the molecule is CCC1CN(C(=O)Nc2ccccc2CC(N)=O)CCO1. The van der Waals surface area contributed by atoms with Crippen LogP contribution in [0.1, 0.15) is 18.9 Å². The quantitative estimate of drug-likeness (QED) is 0.878. The summed E-state index contributed by atoms with van der Waals surface area (Å²) in [6.07, 6.45) is 1.07. The fourth-order valence-electron chi connectivity index (χ4n) is 2.33. The Morgan fingerprint density at radius 1 is 1.43 bits per heavy atom. The minimum absolute atomic E-state index is 0.0883. The molecule has 0 bridgehead atoms. The molecule has 6 nitrogen and oxygen atoms in total. The van der Waals surface area contributed by atoms with Crippen molar-refractivity contribution in [3.05, 3.63) is 29.8 Å². The van der Waals surface area contributed by atoms with Crippen LogP contribution < -0.4 is 11.1 Å². The van der Waals surface area contributed by atoms with Gasteiger partial charge in [0.05, 0.1) is 19.1 Å². The number of carbonyl (C=O) groups excluding carboxylic acids is 2. The molecule has 114 valence electrons. The Morgan fingerprint density at radius 3 is 2.90 bits per heavy atom. The fourth-order valence-corrected chi connectivity index (χ4v) is 2.33. The molecular formula is C15H21N3O3. The molecule has 2 rings (SSSR count). The number of anilines is 1. The highest BCUT2D eigenvalue weighted by molar-refractivity contribution is 5.91. The number of ether oxygens (including phenoxy) is 1. The summed E-state index contributed by atoms with van der Waals surface area (Å²) in [4.78, 5) is 25.1. The van der Waals surface area contributed by atoms with E-state index in [1.807, 2.05) is 19.1 Å². The number of amides is 3. The lowest BCUT2D eigenvalue weighted by molar-refractivity contribution is -0.117. The van der Waals surface area contributed by atoms with E-state index in [-0.39, 0.29) is 18.6 Å². The normalized spacial score (nSPS) is 18.3. The highest BCUT2D eigenvalue weighted by atomic mass is 16.5. The van der Waals surface area contributed by atoms with Crippen molar-refractivity contribution in [2.24, 2.45) is 5.73 Å². The molecule has 3 N–H and O–H groups in total. The van der Waals surface area contributed by atoms with E-state index in [1.165, 1.54) is 0 Å². The Bertz CT molecular complexity index is 519. The van der Waals surface area contributed by atoms with Crippen LogP contribution in [-0.4, -0.2) is 42.6 Å². The van der Waals surface area contributed by atoms with Crippen molar-refractivity contribution in [2.45, 2.75) is 25.9 Å². The highest BCUT2D eigenvalue weighted by Gasteiger charge is 2.23. The number of carbonyl (C=O) groups is 2. The van der Waals surface area contributed by atoms with E-state index < -0.39 is 5.91 Å². The van der Waals surface area contributed by atoms with Crippen LogP contribution in [0.15, 0.2) is 24.3 Å². The second-order valence-electron chi connectivity index (χ2n) is 5.08. The maximum Gasteiger partial charge on any atom is 0.322 e. The van der Waals surface area contributed by atoms with Crippen LogP contribution in [0, 0.1) is 0 Å². The van der Waals surface area contributed by atoms with Gasteiger partial charge in [0.2, 0.25) is 5.91 Å². The second kappa shape index (κ2) is 7.08. The molecule has 1 saturated heterocycles. The molecule has 0 aromatic heterocycles. The van der Waals surface area contributed by atoms with Gasteiger partial charge in [0.1, 0.15) is 0 Å². The number of urea groups is 1. The molecule has 1 heterocycles. The minimum atomic E-state index is -0.422. The van der Waals surface area contributed by atoms with Gasteiger partial charge in [-0.15, -0.1) is 0 Å². The number of morpholine rings is 1. The lowest BCUT2D eigenvalue weighted by Gasteiger charge is -2.32. The first kappa shape index (κ1) is 15.3. The molecule has 1 atom stereocenters. The summed E-state index contributed by atoms with van der Waals surface area (Å²) in [5, 5.41) is 2.85. The summed E-state index contributed by atoms with van der Waals surface area (Å²) in [5.74, 6) is -0.422. The summed E-state index contributed by atoms with van der Waals surface area (Å²) in [6, 6.07) is 7.01. The van der Waals surface area contributed by atoms with Crippen molar-refractivity contribution in [3.63, 3.8) is 0 Å². The van der Waals surface area contributed by atoms with Crippen molar-refractivity contribution in [1.82, 2.24) is 4.90 Å². The van der Waals surface area contributed by atoms with Crippen molar-refractivity contribution >= 4 is 17.6 Å². The number of para-hydroxylation sites is 1. The summed E-state index contributed by atoms with van der Waals surface area (Å²) in [7, 11) is 0. The topological polar surface area (TPSA) is 84.7 Å². The zero-order valence-corrected chi connectivity index (χ0v) is 12.2. The van der Waals surface area contributed by atoms with Crippen LogP contribution in [-0.2, 0) is 16.0 Å². The van der Waals surface area contributed by atoms with Crippen LogP contribution in [0.4, 0.5) is 10.5 Å². The number of hydrogen-bond donors (Lipinski definition) is 2. The van der Waals surface area contributed by atoms with Gasteiger partial charge in [0.15, 0.2) is 0 Å². The van der Waals surface area contributed by atoms with Gasteiger partial charge in [-0.2, -0.15) is 0 Å². The summed E-state index contributed by atoms with van der Waals surface area (Å²) in [6.45, 7) is 3.74. The fraction of sp³-hybridized carbons (Fsp3) is 0.467. The van der Waals surface area contributed by atoms with Gasteiger partial charge in [-0.05, 0) is 18.1 Å². The zero-order chi connectivity index (χ0) is 15.2. The maximum absolute atomic E-state index is 12.3. The number of nitrogens with zero attached hydrogens (tertiary/aromatic N) is 1. The van der Waals surface area contributed by atoms with Crippen molar-refractivity contribution in [2.75, 3.05) is 25.0 Å². The lowest BCUT2D eigenvalue weighted by Crippen LogP contribution is -2.47. The first-order chi connectivity index (χ1) is 10.1. The van der Waals surface area contributed by atoms with Gasteiger partial charge in [0.25, 0.3) is 0 Å². The Kier molecular flexibility index (Phi) is 5.16. The average molecular weight is 291 g/mol. The van der Waals surface area contributed by atoms with Gasteiger partial charge < -0.3 is 20.7 Å². The maximum atomic E-state index is 12.3. The van der Waals surface area contributed by atoms with Crippen LogP contribution in [0.25, 0.3) is 0 Å². The first-order valence-electron chi connectivity index (χ1n) is 7.14. The van der Waals surface area contributed by atoms with Crippen LogP contribution in [0.5, 0.6) is 0 Å². The number of benzene rings is 1.